The topological polar surface area (TPSA) is 59.8 Å². The number of carbonyl (C=O) groups excluding carboxylic acids is 1. The second-order valence-corrected chi connectivity index (χ2v) is 8.15. The van der Waals surface area contributed by atoms with Gasteiger partial charge in [0.2, 0.25) is 5.91 Å². The molecule has 4 rings (SSSR count). The normalized spacial score (nSPS) is 11.0. The van der Waals surface area contributed by atoms with E-state index in [1.54, 1.807) is 35.6 Å². The minimum atomic E-state index is -0.118. The zero-order valence-electron chi connectivity index (χ0n) is 14.3. The molecule has 2 aromatic carbocycles. The number of hydrogen-bond donors (Lipinski definition) is 1. The number of benzene rings is 2. The van der Waals surface area contributed by atoms with Crippen LogP contribution in [0.25, 0.3) is 21.5 Å². The quantitative estimate of drug-likeness (QED) is 0.462. The Morgan fingerprint density at radius 1 is 1.22 bits per heavy atom. The number of hydrogen-bond acceptors (Lipinski definition) is 5. The lowest BCUT2D eigenvalue weighted by Gasteiger charge is -2.06. The fraction of sp³-hybridized carbons (Fsp3) is 0.105. The summed E-state index contributed by atoms with van der Waals surface area (Å²) in [4.78, 5) is 12.2. The van der Waals surface area contributed by atoms with E-state index < -0.39 is 0 Å². The van der Waals surface area contributed by atoms with Crippen LogP contribution in [0.5, 0.6) is 0 Å². The molecule has 8 heteroatoms. The standard InChI is InChI=1S/C19H15ClN4OS2/c1-24-18(15-10-26-16-8-3-2-7-14(15)16)22-23-19(24)27-11-17(25)21-13-6-4-5-12(20)9-13/h2-10H,11H2,1H3,(H,21,25). The highest BCUT2D eigenvalue weighted by Gasteiger charge is 2.16. The van der Waals surface area contributed by atoms with Gasteiger partial charge in [-0.2, -0.15) is 0 Å². The predicted octanol–water partition coefficient (Wildman–Crippen LogP) is 5.08. The zero-order valence-corrected chi connectivity index (χ0v) is 16.7. The van der Waals surface area contributed by atoms with Crippen LogP contribution in [0.1, 0.15) is 0 Å². The van der Waals surface area contributed by atoms with Gasteiger partial charge in [0.15, 0.2) is 11.0 Å². The lowest BCUT2D eigenvalue weighted by Crippen LogP contribution is -2.14. The van der Waals surface area contributed by atoms with Crippen LogP contribution in [0.2, 0.25) is 5.02 Å². The Morgan fingerprint density at radius 2 is 2.07 bits per heavy atom. The number of amides is 1. The number of fused-ring (bicyclic) bond motifs is 1. The molecule has 0 fully saturated rings. The van der Waals surface area contributed by atoms with E-state index in [1.165, 1.54) is 16.5 Å². The Morgan fingerprint density at radius 3 is 2.93 bits per heavy atom. The van der Waals surface area contributed by atoms with Crippen molar-refractivity contribution < 1.29 is 4.79 Å². The van der Waals surface area contributed by atoms with Crippen molar-refractivity contribution in [3.63, 3.8) is 0 Å². The molecule has 0 spiro atoms. The number of aromatic nitrogens is 3. The summed E-state index contributed by atoms with van der Waals surface area (Å²) in [6.07, 6.45) is 0. The molecule has 2 aromatic heterocycles. The maximum absolute atomic E-state index is 12.2. The first-order valence-electron chi connectivity index (χ1n) is 8.16. The third-order valence-electron chi connectivity index (χ3n) is 4.00. The summed E-state index contributed by atoms with van der Waals surface area (Å²) in [6.45, 7) is 0. The molecule has 136 valence electrons. The average molecular weight is 415 g/mol. The zero-order chi connectivity index (χ0) is 18.8. The van der Waals surface area contributed by atoms with E-state index in [4.69, 9.17) is 11.6 Å². The van der Waals surface area contributed by atoms with Crippen LogP contribution >= 0.6 is 34.7 Å². The molecule has 5 nitrogen and oxygen atoms in total. The second-order valence-electron chi connectivity index (χ2n) is 5.86. The molecule has 0 aliphatic carbocycles. The van der Waals surface area contributed by atoms with E-state index in [2.05, 4.69) is 33.0 Å². The van der Waals surface area contributed by atoms with E-state index in [9.17, 15) is 4.79 Å². The number of halogens is 1. The molecule has 0 saturated carbocycles. The van der Waals surface area contributed by atoms with Gasteiger partial charge in [-0.05, 0) is 24.3 Å². The van der Waals surface area contributed by atoms with Crippen molar-refractivity contribution in [1.82, 2.24) is 14.8 Å². The van der Waals surface area contributed by atoms with Gasteiger partial charge < -0.3 is 9.88 Å². The first-order valence-corrected chi connectivity index (χ1v) is 10.4. The van der Waals surface area contributed by atoms with Crippen LogP contribution < -0.4 is 5.32 Å². The summed E-state index contributed by atoms with van der Waals surface area (Å²) in [5, 5.41) is 15.9. The fourth-order valence-corrected chi connectivity index (χ4v) is 4.56. The van der Waals surface area contributed by atoms with Crippen molar-refractivity contribution in [2.75, 3.05) is 11.1 Å². The van der Waals surface area contributed by atoms with E-state index in [0.29, 0.717) is 15.9 Å². The molecule has 0 aliphatic heterocycles. The van der Waals surface area contributed by atoms with Crippen LogP contribution in [-0.2, 0) is 11.8 Å². The van der Waals surface area contributed by atoms with Crippen molar-refractivity contribution >= 4 is 56.4 Å². The Bertz CT molecular complexity index is 1120. The van der Waals surface area contributed by atoms with Gasteiger partial charge in [0.25, 0.3) is 0 Å². The molecule has 0 aliphatic rings. The maximum atomic E-state index is 12.2. The number of carbonyl (C=O) groups is 1. The number of anilines is 1. The number of rotatable bonds is 5. The molecule has 0 saturated heterocycles. The molecule has 0 atom stereocenters. The second kappa shape index (κ2) is 7.72. The molecular weight excluding hydrogens is 400 g/mol. The van der Waals surface area contributed by atoms with Crippen LogP contribution in [-0.4, -0.2) is 26.4 Å². The smallest absolute Gasteiger partial charge is 0.234 e. The SMILES string of the molecule is Cn1c(SCC(=O)Nc2cccc(Cl)c2)nnc1-c1csc2ccccc12. The molecule has 1 N–H and O–H groups in total. The van der Waals surface area contributed by atoms with Gasteiger partial charge >= 0.3 is 0 Å². The van der Waals surface area contributed by atoms with Crippen molar-refractivity contribution in [2.45, 2.75) is 5.16 Å². The van der Waals surface area contributed by atoms with Gasteiger partial charge in [0, 0.05) is 38.8 Å². The summed E-state index contributed by atoms with van der Waals surface area (Å²) in [5.74, 6) is 0.918. The lowest BCUT2D eigenvalue weighted by molar-refractivity contribution is -0.113. The lowest BCUT2D eigenvalue weighted by atomic mass is 10.2. The monoisotopic (exact) mass is 414 g/mol. The van der Waals surface area contributed by atoms with E-state index in [-0.39, 0.29) is 11.7 Å². The van der Waals surface area contributed by atoms with E-state index in [1.807, 2.05) is 23.7 Å². The summed E-state index contributed by atoms with van der Waals surface area (Å²) in [5.41, 5.74) is 1.73. The predicted molar refractivity (Wildman–Crippen MR) is 113 cm³/mol. The van der Waals surface area contributed by atoms with Crippen molar-refractivity contribution in [1.29, 1.82) is 0 Å². The van der Waals surface area contributed by atoms with Gasteiger partial charge in [-0.1, -0.05) is 47.6 Å². The van der Waals surface area contributed by atoms with Gasteiger partial charge in [0.1, 0.15) is 0 Å². The average Bonchev–Trinajstić information content (AvgIpc) is 3.23. The third kappa shape index (κ3) is 3.85. The molecule has 0 unspecified atom stereocenters. The van der Waals surface area contributed by atoms with Crippen LogP contribution in [0, 0.1) is 0 Å². The minimum Gasteiger partial charge on any atom is -0.325 e. The highest BCUT2D eigenvalue weighted by Crippen LogP contribution is 2.33. The highest BCUT2D eigenvalue weighted by molar-refractivity contribution is 7.99. The van der Waals surface area contributed by atoms with Crippen LogP contribution in [0.15, 0.2) is 59.1 Å². The van der Waals surface area contributed by atoms with E-state index >= 15 is 0 Å². The Labute approximate surface area is 169 Å². The van der Waals surface area contributed by atoms with Gasteiger partial charge in [-0.25, -0.2) is 0 Å². The van der Waals surface area contributed by atoms with Crippen molar-refractivity contribution in [2.24, 2.45) is 7.05 Å². The van der Waals surface area contributed by atoms with Crippen LogP contribution in [0.4, 0.5) is 5.69 Å². The van der Waals surface area contributed by atoms with Gasteiger partial charge in [-0.15, -0.1) is 21.5 Å². The molecule has 27 heavy (non-hydrogen) atoms. The molecule has 1 amide bonds. The number of thioether (sulfide) groups is 1. The summed E-state index contributed by atoms with van der Waals surface area (Å²) < 4.78 is 3.14. The first kappa shape index (κ1) is 18.0. The highest BCUT2D eigenvalue weighted by atomic mass is 35.5. The third-order valence-corrected chi connectivity index (χ3v) is 6.22. The Hall–Kier alpha value is -2.35. The molecule has 0 bridgehead atoms. The number of nitrogens with one attached hydrogen (secondary N) is 1. The van der Waals surface area contributed by atoms with Crippen molar-refractivity contribution in [3.05, 3.63) is 58.9 Å². The Kier molecular flexibility index (Phi) is 5.15. The van der Waals surface area contributed by atoms with E-state index in [0.717, 1.165) is 16.8 Å². The molecule has 2 heterocycles. The summed E-state index contributed by atoms with van der Waals surface area (Å²) >= 11 is 8.97. The first-order chi connectivity index (χ1) is 13.1. The van der Waals surface area contributed by atoms with Crippen molar-refractivity contribution in [3.8, 4) is 11.4 Å². The van der Waals surface area contributed by atoms with Gasteiger partial charge in [-0.3, -0.25) is 4.79 Å². The number of thiophene rings is 1. The fourth-order valence-electron chi connectivity index (χ4n) is 2.72. The largest absolute Gasteiger partial charge is 0.325 e. The molecule has 4 aromatic rings. The Balaban J connectivity index is 1.47. The molecular formula is C19H15ClN4OS2. The van der Waals surface area contributed by atoms with Gasteiger partial charge in [0.05, 0.1) is 5.75 Å². The number of nitrogens with zero attached hydrogens (tertiary/aromatic N) is 3. The summed E-state index contributed by atoms with van der Waals surface area (Å²) in [7, 11) is 1.92. The maximum Gasteiger partial charge on any atom is 0.234 e. The minimum absolute atomic E-state index is 0.118. The molecule has 0 radical (unpaired) electrons. The summed E-state index contributed by atoms with van der Waals surface area (Å²) in [6, 6.07) is 15.3. The van der Waals surface area contributed by atoms with Crippen LogP contribution in [0.3, 0.4) is 0 Å².